The molecule has 1 aliphatic rings. The molecule has 0 radical (unpaired) electrons. The number of carbonyl (C=O) groups is 3. The molecule has 5 N–H and O–H groups in total. The molecule has 1 saturated heterocycles. The van der Waals surface area contributed by atoms with Crippen LogP contribution in [0.4, 0.5) is 8.78 Å². The van der Waals surface area contributed by atoms with E-state index in [0.717, 1.165) is 25.1 Å². The molecule has 0 aliphatic carbocycles. The van der Waals surface area contributed by atoms with Gasteiger partial charge in [0.15, 0.2) is 5.67 Å². The standard InChI is InChI=1S/C28H27F2N5O3S2/c1-15(22-9-17(12-39-22)25(31)32)34-27(38)20-10-28(30,13-29)14-35(20)24(36)11-33-26(37)16-6-7-19-18-4-2-3-5-21(18)40-23(19)8-16/h2-9,12,15,20H,10-11,13-14H2,1H3,(H3,31,32)(H,33,37)(H,34,38)/t15?,20-,28-/m0/s1. The van der Waals surface area contributed by atoms with Crippen molar-refractivity contribution in [1.82, 2.24) is 15.5 Å². The Kier molecular flexibility index (Phi) is 7.56. The number of nitrogens with two attached hydrogens (primary N) is 1. The molecule has 12 heteroatoms. The highest BCUT2D eigenvalue weighted by molar-refractivity contribution is 7.25. The van der Waals surface area contributed by atoms with Gasteiger partial charge in [0.25, 0.3) is 5.91 Å². The number of amidine groups is 1. The Bertz CT molecular complexity index is 1640. The van der Waals surface area contributed by atoms with Crippen LogP contribution in [-0.4, -0.2) is 59.9 Å². The van der Waals surface area contributed by atoms with Crippen LogP contribution in [0.25, 0.3) is 20.2 Å². The molecule has 4 aromatic rings. The number of rotatable bonds is 8. The maximum atomic E-state index is 15.0. The fraction of sp³-hybridized carbons (Fsp3) is 0.286. The van der Waals surface area contributed by atoms with Crippen LogP contribution in [0.15, 0.2) is 53.9 Å². The number of alkyl halides is 2. The predicted octanol–water partition coefficient (Wildman–Crippen LogP) is 4.29. The van der Waals surface area contributed by atoms with Crippen molar-refractivity contribution in [3.8, 4) is 0 Å². The molecule has 3 atom stereocenters. The predicted molar refractivity (Wildman–Crippen MR) is 153 cm³/mol. The van der Waals surface area contributed by atoms with Gasteiger partial charge in [0.05, 0.1) is 19.1 Å². The highest BCUT2D eigenvalue weighted by Crippen LogP contribution is 2.34. The van der Waals surface area contributed by atoms with Crippen LogP contribution in [0, 0.1) is 5.41 Å². The maximum absolute atomic E-state index is 15.0. The molecule has 1 fully saturated rings. The van der Waals surface area contributed by atoms with Gasteiger partial charge in [0, 0.05) is 48.0 Å². The molecule has 8 nitrogen and oxygen atoms in total. The second-order valence-electron chi connectivity index (χ2n) is 9.90. The van der Waals surface area contributed by atoms with Gasteiger partial charge in [-0.15, -0.1) is 22.7 Å². The zero-order valence-corrected chi connectivity index (χ0v) is 23.1. The molecule has 5 rings (SSSR count). The van der Waals surface area contributed by atoms with Crippen LogP contribution in [0.1, 0.15) is 40.2 Å². The Morgan fingerprint density at radius 2 is 1.90 bits per heavy atom. The summed E-state index contributed by atoms with van der Waals surface area (Å²) in [6.45, 7) is -0.700. The summed E-state index contributed by atoms with van der Waals surface area (Å²) >= 11 is 2.85. The zero-order valence-electron chi connectivity index (χ0n) is 21.5. The summed E-state index contributed by atoms with van der Waals surface area (Å²) < 4.78 is 30.6. The van der Waals surface area contributed by atoms with E-state index in [4.69, 9.17) is 11.1 Å². The Morgan fingerprint density at radius 1 is 1.15 bits per heavy atom. The van der Waals surface area contributed by atoms with Gasteiger partial charge in [-0.3, -0.25) is 19.8 Å². The second-order valence-corrected chi connectivity index (χ2v) is 11.9. The van der Waals surface area contributed by atoms with Gasteiger partial charge in [0.2, 0.25) is 11.8 Å². The lowest BCUT2D eigenvalue weighted by atomic mass is 10.0. The number of likely N-dealkylation sites (tertiary alicyclic amines) is 1. The number of carbonyl (C=O) groups excluding carboxylic acids is 3. The van der Waals surface area contributed by atoms with Crippen molar-refractivity contribution >= 4 is 66.4 Å². The van der Waals surface area contributed by atoms with E-state index in [2.05, 4.69) is 10.6 Å². The van der Waals surface area contributed by atoms with E-state index >= 15 is 4.39 Å². The highest BCUT2D eigenvalue weighted by Gasteiger charge is 2.49. The van der Waals surface area contributed by atoms with E-state index in [0.29, 0.717) is 16.0 Å². The number of hydrogen-bond donors (Lipinski definition) is 4. The lowest BCUT2D eigenvalue weighted by molar-refractivity contribution is -0.138. The molecule has 0 bridgehead atoms. The monoisotopic (exact) mass is 583 g/mol. The van der Waals surface area contributed by atoms with Gasteiger partial charge in [0.1, 0.15) is 18.6 Å². The summed E-state index contributed by atoms with van der Waals surface area (Å²) in [5, 5.41) is 16.6. The van der Waals surface area contributed by atoms with Gasteiger partial charge in [-0.25, -0.2) is 8.78 Å². The Labute approximate surface area is 236 Å². The average molecular weight is 584 g/mol. The van der Waals surface area contributed by atoms with Crippen molar-refractivity contribution in [3.05, 3.63) is 69.9 Å². The summed E-state index contributed by atoms with van der Waals surface area (Å²) in [6, 6.07) is 13.1. The van der Waals surface area contributed by atoms with Crippen LogP contribution in [0.3, 0.4) is 0 Å². The molecule has 3 heterocycles. The number of fused-ring (bicyclic) bond motifs is 3. The van der Waals surface area contributed by atoms with E-state index in [9.17, 15) is 18.8 Å². The van der Waals surface area contributed by atoms with Crippen LogP contribution in [0.5, 0.6) is 0 Å². The number of amides is 3. The number of halogens is 2. The lowest BCUT2D eigenvalue weighted by Gasteiger charge is -2.25. The number of nitrogens with one attached hydrogen (secondary N) is 3. The molecule has 0 spiro atoms. The third kappa shape index (κ3) is 5.41. The second kappa shape index (κ2) is 10.9. The van der Waals surface area contributed by atoms with Crippen LogP contribution in [0.2, 0.25) is 0 Å². The van der Waals surface area contributed by atoms with Gasteiger partial charge in [-0.1, -0.05) is 24.3 Å². The van der Waals surface area contributed by atoms with E-state index in [1.165, 1.54) is 11.3 Å². The van der Waals surface area contributed by atoms with Crippen molar-refractivity contribution in [2.24, 2.45) is 5.73 Å². The smallest absolute Gasteiger partial charge is 0.251 e. The molecule has 40 heavy (non-hydrogen) atoms. The largest absolute Gasteiger partial charge is 0.384 e. The van der Waals surface area contributed by atoms with Crippen molar-refractivity contribution in [2.45, 2.75) is 31.1 Å². The van der Waals surface area contributed by atoms with E-state index in [-0.39, 0.29) is 5.84 Å². The van der Waals surface area contributed by atoms with Crippen LogP contribution >= 0.6 is 22.7 Å². The normalized spacial score (nSPS) is 19.6. The van der Waals surface area contributed by atoms with Gasteiger partial charge >= 0.3 is 0 Å². The van der Waals surface area contributed by atoms with E-state index in [1.807, 2.05) is 30.3 Å². The molecule has 0 saturated carbocycles. The van der Waals surface area contributed by atoms with Crippen molar-refractivity contribution in [1.29, 1.82) is 5.41 Å². The Morgan fingerprint density at radius 3 is 2.62 bits per heavy atom. The van der Waals surface area contributed by atoms with Gasteiger partial charge < -0.3 is 21.3 Å². The zero-order chi connectivity index (χ0) is 28.6. The number of thiophene rings is 2. The van der Waals surface area contributed by atoms with Crippen LogP contribution < -0.4 is 16.4 Å². The molecule has 2 aromatic heterocycles. The first-order valence-electron chi connectivity index (χ1n) is 12.6. The van der Waals surface area contributed by atoms with Crippen molar-refractivity contribution in [3.63, 3.8) is 0 Å². The summed E-state index contributed by atoms with van der Waals surface area (Å²) in [7, 11) is 0. The fourth-order valence-electron chi connectivity index (χ4n) is 4.86. The minimum atomic E-state index is -2.36. The Balaban J connectivity index is 1.26. The summed E-state index contributed by atoms with van der Waals surface area (Å²) in [5.41, 5.74) is 4.02. The average Bonchev–Trinajstić information content (AvgIpc) is 3.67. The highest BCUT2D eigenvalue weighted by atomic mass is 32.1. The van der Waals surface area contributed by atoms with Crippen molar-refractivity contribution < 1.29 is 23.2 Å². The molecule has 2 aromatic carbocycles. The lowest BCUT2D eigenvalue weighted by Crippen LogP contribution is -2.49. The number of nitrogen functional groups attached to an aromatic ring is 1. The third-order valence-electron chi connectivity index (χ3n) is 7.01. The number of hydrogen-bond acceptors (Lipinski definition) is 6. The number of nitrogens with zero attached hydrogens (tertiary/aromatic N) is 1. The molecule has 1 aliphatic heterocycles. The van der Waals surface area contributed by atoms with Gasteiger partial charge in [-0.05, 0) is 31.2 Å². The van der Waals surface area contributed by atoms with E-state index in [1.54, 1.807) is 41.8 Å². The number of benzene rings is 2. The molecule has 3 amide bonds. The van der Waals surface area contributed by atoms with Crippen molar-refractivity contribution in [2.75, 3.05) is 19.8 Å². The van der Waals surface area contributed by atoms with E-state index < -0.39 is 61.7 Å². The first-order valence-corrected chi connectivity index (χ1v) is 14.3. The third-order valence-corrected chi connectivity index (χ3v) is 9.26. The summed E-state index contributed by atoms with van der Waals surface area (Å²) in [5.74, 6) is -1.91. The quantitative estimate of drug-likeness (QED) is 0.182. The summed E-state index contributed by atoms with van der Waals surface area (Å²) in [4.78, 5) is 40.7. The maximum Gasteiger partial charge on any atom is 0.251 e. The first-order chi connectivity index (χ1) is 19.1. The molecule has 208 valence electrons. The minimum absolute atomic E-state index is 0.107. The van der Waals surface area contributed by atoms with Gasteiger partial charge in [-0.2, -0.15) is 0 Å². The molecule has 1 unspecified atom stereocenters. The Hall–Kier alpha value is -3.90. The van der Waals surface area contributed by atoms with Crippen LogP contribution in [-0.2, 0) is 9.59 Å². The minimum Gasteiger partial charge on any atom is -0.384 e. The SMILES string of the molecule is CC(NC(=O)[C@@H]1C[C@](F)(CF)CN1C(=O)CNC(=O)c1ccc2c(c1)sc1ccccc12)c1cc(C(=N)N)cs1. The molecular formula is C28H27F2N5O3S2. The topological polar surface area (TPSA) is 128 Å². The molecular weight excluding hydrogens is 556 g/mol. The first kappa shape index (κ1) is 27.7. The fourth-order valence-corrected chi connectivity index (χ4v) is 6.92. The summed E-state index contributed by atoms with van der Waals surface area (Å²) in [6.07, 6.45) is -0.493.